The van der Waals surface area contributed by atoms with Gasteiger partial charge in [0.15, 0.2) is 0 Å². The summed E-state index contributed by atoms with van der Waals surface area (Å²) in [5.74, 6) is 0.622. The summed E-state index contributed by atoms with van der Waals surface area (Å²) in [6, 6.07) is 134. The van der Waals surface area contributed by atoms with Crippen LogP contribution in [0.4, 0.5) is 17.1 Å². The second kappa shape index (κ2) is 41.3. The van der Waals surface area contributed by atoms with Crippen LogP contribution in [0.15, 0.2) is 388 Å². The molecule has 6 aromatic heterocycles. The van der Waals surface area contributed by atoms with Crippen molar-refractivity contribution in [2.75, 3.05) is 0 Å². The molecule has 714 valence electrons. The summed E-state index contributed by atoms with van der Waals surface area (Å²) in [5.41, 5.74) is 29.7. The third-order valence-corrected chi connectivity index (χ3v) is 30.1. The second-order valence-corrected chi connectivity index (χ2v) is 42.4. The minimum atomic E-state index is -0.0438. The van der Waals surface area contributed by atoms with E-state index in [1.54, 1.807) is 70.9 Å². The first-order chi connectivity index (χ1) is 68.5. The van der Waals surface area contributed by atoms with Crippen LogP contribution in [0.3, 0.4) is 0 Å². The van der Waals surface area contributed by atoms with E-state index in [0.717, 1.165) is 201 Å². The van der Waals surface area contributed by atoms with Crippen molar-refractivity contribution in [2.45, 2.75) is 78.6 Å². The van der Waals surface area contributed by atoms with Crippen molar-refractivity contribution in [3.63, 3.8) is 0 Å². The van der Waals surface area contributed by atoms with Gasteiger partial charge in [-0.15, -0.1) is 153 Å². The molecule has 0 fully saturated rings. The number of phenolic OH excluding ortho intramolecular Hbond substituents is 3. The number of para-hydroxylation sites is 6. The fourth-order valence-electron chi connectivity index (χ4n) is 18.2. The zero-order valence-electron chi connectivity index (χ0n) is 79.8. The predicted molar refractivity (Wildman–Crippen MR) is 594 cm³/mol. The fourth-order valence-corrected chi connectivity index (χ4v) is 22.6. The Morgan fingerprint density at radius 3 is 1.07 bits per heavy atom. The molecule has 6 heterocycles. The molecule has 24 rings (SSSR count). The average Bonchev–Trinajstić information content (AvgIpc) is 1.59. The molecule has 0 saturated carbocycles. The summed E-state index contributed by atoms with van der Waals surface area (Å²) in [4.78, 5) is 30.3. The van der Waals surface area contributed by atoms with Gasteiger partial charge in [-0.1, -0.05) is 249 Å². The Labute approximate surface area is 894 Å². The monoisotopic (exact) mass is 2480 g/mol. The first-order valence-corrected chi connectivity index (χ1v) is 50.1. The van der Waals surface area contributed by atoms with E-state index in [-0.39, 0.29) is 96.7 Å². The molecule has 144 heavy (non-hydrogen) atoms. The minimum Gasteiger partial charge on any atom is -0.507 e. The molecular formula is C126H93N6O5Pt3S4-3. The van der Waals surface area contributed by atoms with E-state index >= 15 is 0 Å². The number of aliphatic imine (C=N–C) groups is 3. The van der Waals surface area contributed by atoms with Crippen molar-refractivity contribution in [1.82, 2.24) is 15.0 Å². The first-order valence-electron chi connectivity index (χ1n) is 46.9. The van der Waals surface area contributed by atoms with E-state index in [1.807, 2.05) is 187 Å². The van der Waals surface area contributed by atoms with E-state index in [9.17, 15) is 15.3 Å². The Morgan fingerprint density at radius 2 is 0.625 bits per heavy atom. The Bertz CT molecular complexity index is 8700. The van der Waals surface area contributed by atoms with E-state index in [4.69, 9.17) is 38.8 Å². The summed E-state index contributed by atoms with van der Waals surface area (Å²) in [5, 5.41) is 41.5. The van der Waals surface area contributed by atoms with Gasteiger partial charge in [0.2, 0.25) is 0 Å². The van der Waals surface area contributed by atoms with Crippen molar-refractivity contribution in [2.24, 2.45) is 15.0 Å². The Morgan fingerprint density at radius 1 is 0.271 bits per heavy atom. The molecule has 0 saturated heterocycles. The summed E-state index contributed by atoms with van der Waals surface area (Å²) in [6.07, 6.45) is 5.24. The van der Waals surface area contributed by atoms with E-state index in [0.29, 0.717) is 16.7 Å². The molecule has 0 aliphatic rings. The third-order valence-electron chi connectivity index (χ3n) is 25.7. The maximum Gasteiger partial charge on any atom is 0.143 e. The molecule has 0 spiro atoms. The van der Waals surface area contributed by atoms with Gasteiger partial charge in [-0.3, -0.25) is 15.0 Å². The quantitative estimate of drug-likeness (QED) is 0.0675. The summed E-state index contributed by atoms with van der Waals surface area (Å²) in [7, 11) is 0. The van der Waals surface area contributed by atoms with Crippen LogP contribution >= 0.6 is 45.3 Å². The van der Waals surface area contributed by atoms with Crippen molar-refractivity contribution in [3.8, 4) is 116 Å². The standard InChI is InChI=1S/2C42H31N2O2S.C42H31N2OS2.3Pt/c1-42(2,3)29-20-21-36(45)28(22-29)25-43-35-18-9-7-15-33(35)41-44-39-34(26-12-5-4-6-13-26)23-27(24-38(39)47-41)30-16-11-17-32-31-14-8-10-19-37(31)46-40(30)32;1-42(2,3)30-18-19-36(45)29(21-30)25-43-35-15-9-7-14-32(35)41-44-40-33(26-11-5-4-6-12-26)23-28(24-39(40)47-41)27-17-20-38-34(22-27)31-13-8-10-16-37(31)46-38;1-42(2,3)29-20-21-36(45)28(22-29)25-43-35-18-9-7-15-33(35)41-44-39-34(26-12-5-4-6-13-26)23-27(24-38(39)47-41)30-16-11-17-32-31-14-8-10-19-37(31)46-40(30)32;;;/h4-12,14-25,45H,1-3H3;4-11,13-25,45H,1-3H3;4-12,14-25,45H,1-3H3;;;/q3*-1;;;. The molecule has 0 radical (unpaired) electrons. The molecule has 0 aliphatic carbocycles. The molecular weight excluding hydrogens is 2390 g/mol. The van der Waals surface area contributed by atoms with Gasteiger partial charge >= 0.3 is 0 Å². The average molecular weight is 2480 g/mol. The molecule has 11 nitrogen and oxygen atoms in total. The van der Waals surface area contributed by atoms with E-state index < -0.39 is 0 Å². The molecule has 0 aliphatic heterocycles. The molecule has 18 aromatic carbocycles. The number of furan rings is 2. The largest absolute Gasteiger partial charge is 0.507 e. The van der Waals surface area contributed by atoms with Gasteiger partial charge in [-0.25, -0.2) is 15.0 Å². The molecule has 0 bridgehead atoms. The van der Waals surface area contributed by atoms with Gasteiger partial charge in [0.1, 0.15) is 54.6 Å². The maximum absolute atomic E-state index is 10.6. The van der Waals surface area contributed by atoms with Crippen LogP contribution in [0.5, 0.6) is 17.2 Å². The topological polar surface area (TPSA) is 163 Å². The Kier molecular flexibility index (Phi) is 28.3. The number of phenols is 3. The van der Waals surface area contributed by atoms with Crippen LogP contribution in [0, 0.1) is 18.2 Å². The molecule has 0 amide bonds. The van der Waals surface area contributed by atoms with E-state index in [1.165, 1.54) is 25.7 Å². The SMILES string of the molecule is CC(C)(C)c1ccc(O)c(C=Nc2ccccc2-c2nc3c(-c4[c-]cccc4)cc(-c4ccc5oc6ccccc6c5c4)cc3s2)c1.CC(C)(C)c1ccc(O)c(C=Nc2ccccc2-c2nc3c(-c4[c-]cccc4)cc(-c4cccc5c4oc4ccccc45)cc3s2)c1.CC(C)(C)c1ccc(O)c(C=Nc2ccccc2-c2nc3c(-c4[c-]cccc4)cc(-c4cccc5c4sc4ccccc45)cc3s2)c1.[Pt].[Pt].[Pt]. The zero-order valence-corrected chi connectivity index (χ0v) is 89.9. The van der Waals surface area contributed by atoms with Crippen molar-refractivity contribution >= 4 is 176 Å². The molecule has 3 N–H and O–H groups in total. The van der Waals surface area contributed by atoms with Crippen molar-refractivity contribution in [1.29, 1.82) is 0 Å². The van der Waals surface area contributed by atoms with Gasteiger partial charge in [0.25, 0.3) is 0 Å². The number of hydrogen-bond acceptors (Lipinski definition) is 15. The molecule has 24 aromatic rings. The van der Waals surface area contributed by atoms with Crippen molar-refractivity contribution in [3.05, 3.63) is 416 Å². The molecule has 0 atom stereocenters. The minimum absolute atomic E-state index is 0. The molecule has 0 unspecified atom stereocenters. The van der Waals surface area contributed by atoms with Crippen molar-refractivity contribution < 1.29 is 87.3 Å². The molecule has 18 heteroatoms. The Hall–Kier alpha value is -14.1. The summed E-state index contributed by atoms with van der Waals surface area (Å²) < 4.78 is 18.4. The predicted octanol–water partition coefficient (Wildman–Crippen LogP) is 35.7. The van der Waals surface area contributed by atoms with Gasteiger partial charge in [-0.05, 0) is 182 Å². The van der Waals surface area contributed by atoms with Gasteiger partial charge in [0, 0.05) is 193 Å². The fraction of sp³-hybridized carbons (Fsp3) is 0.0952. The first kappa shape index (κ1) is 98.7. The summed E-state index contributed by atoms with van der Waals surface area (Å²) in [6.45, 7) is 19.5. The number of thiophene rings is 1. The summed E-state index contributed by atoms with van der Waals surface area (Å²) >= 11 is 6.82. The zero-order chi connectivity index (χ0) is 96.4. The van der Waals surface area contributed by atoms with Crippen LogP contribution in [0.25, 0.3) is 193 Å². The smallest absolute Gasteiger partial charge is 0.143 e. The number of hydrogen-bond donors (Lipinski definition) is 3. The van der Waals surface area contributed by atoms with Gasteiger partial charge in [0.05, 0.1) is 17.1 Å². The number of aromatic hydroxyl groups is 3. The normalized spacial score (nSPS) is 11.9. The van der Waals surface area contributed by atoms with Crippen LogP contribution in [0.2, 0.25) is 0 Å². The van der Waals surface area contributed by atoms with Crippen LogP contribution in [-0.2, 0) is 79.4 Å². The third kappa shape index (κ3) is 20.0. The number of aromatic nitrogens is 3. The van der Waals surface area contributed by atoms with Crippen LogP contribution in [0.1, 0.15) is 95.7 Å². The number of rotatable bonds is 15. The van der Waals surface area contributed by atoms with Crippen LogP contribution in [-0.4, -0.2) is 48.9 Å². The van der Waals surface area contributed by atoms with E-state index in [2.05, 4.69) is 250 Å². The number of benzene rings is 18. The number of thiazole rings is 3. The van der Waals surface area contributed by atoms with Crippen LogP contribution < -0.4 is 0 Å². The Balaban J connectivity index is 0.000000135. The second-order valence-electron chi connectivity index (χ2n) is 38.3. The number of nitrogens with zero attached hydrogens (tertiary/aromatic N) is 6. The number of fused-ring (bicyclic) bond motifs is 12. The van der Waals surface area contributed by atoms with Gasteiger partial charge in [-0.2, -0.15) is 0 Å². The van der Waals surface area contributed by atoms with Gasteiger partial charge < -0.3 is 24.2 Å². The maximum atomic E-state index is 10.6.